The number of hydrogen-bond acceptors (Lipinski definition) is 5. The summed E-state index contributed by atoms with van der Waals surface area (Å²) in [5.41, 5.74) is 0.719. The number of anilines is 1. The summed E-state index contributed by atoms with van der Waals surface area (Å²) < 4.78 is 14.0. The molecule has 2 heterocycles. The van der Waals surface area contributed by atoms with Gasteiger partial charge in [0.25, 0.3) is 5.91 Å². The van der Waals surface area contributed by atoms with Crippen LogP contribution in [0, 0.1) is 5.82 Å². The largest absolute Gasteiger partial charge is 0.399 e. The summed E-state index contributed by atoms with van der Waals surface area (Å²) in [5.74, 6) is -3.43. The number of benzene rings is 1. The lowest BCUT2D eigenvalue weighted by molar-refractivity contribution is -0.141. The lowest BCUT2D eigenvalue weighted by Crippen LogP contribution is -2.59. The van der Waals surface area contributed by atoms with Gasteiger partial charge in [-0.15, -0.1) is 0 Å². The molecule has 2 aliphatic rings. The van der Waals surface area contributed by atoms with E-state index in [0.717, 1.165) is 0 Å². The van der Waals surface area contributed by atoms with Gasteiger partial charge in [0.15, 0.2) is 7.85 Å². The molecule has 7 nitrogen and oxygen atoms in total. The normalized spacial score (nSPS) is 26.5. The first kappa shape index (κ1) is 16.6. The number of halogens is 1. The fraction of sp³-hybridized carbons (Fsp3) is 0.308. The third-order valence-electron chi connectivity index (χ3n) is 4.24. The van der Waals surface area contributed by atoms with Crippen LogP contribution in [0.2, 0.25) is 0 Å². The van der Waals surface area contributed by atoms with E-state index in [0.29, 0.717) is 4.90 Å². The van der Waals surface area contributed by atoms with Gasteiger partial charge >= 0.3 is 0 Å². The standard InChI is InChI=1S/C13H9B3FN3O4/c14-7-5-6(10(18)8(15)9(7)17)13(16,24)20(12(5)23)3-1-2-4(21)19-11(3)22/h3,24H,1-2,18H2,(H,19,21,22). The highest BCUT2D eigenvalue weighted by atomic mass is 19.1. The lowest BCUT2D eigenvalue weighted by Gasteiger charge is -2.39. The third kappa shape index (κ3) is 2.00. The topological polar surface area (TPSA) is 113 Å². The van der Waals surface area contributed by atoms with E-state index in [9.17, 15) is 23.9 Å². The minimum Gasteiger partial charge on any atom is -0.399 e. The minimum absolute atomic E-state index is 0.0614. The Bertz CT molecular complexity index is 814. The van der Waals surface area contributed by atoms with E-state index < -0.39 is 57.4 Å². The summed E-state index contributed by atoms with van der Waals surface area (Å²) in [6, 6.07) is -1.25. The molecular weight excluding hydrogens is 314 g/mol. The SMILES string of the molecule is [B]c1c(N)c2c(c([B])c1F)C(=O)N(C1CCC(=O)NC1=O)C2([B])O. The predicted molar refractivity (Wildman–Crippen MR) is 83.6 cm³/mol. The lowest BCUT2D eigenvalue weighted by atomic mass is 9.74. The number of hydrogen-bond donors (Lipinski definition) is 3. The van der Waals surface area contributed by atoms with Crippen LogP contribution in [-0.4, -0.2) is 57.3 Å². The summed E-state index contributed by atoms with van der Waals surface area (Å²) in [4.78, 5) is 36.6. The minimum atomic E-state index is -2.53. The van der Waals surface area contributed by atoms with Crippen LogP contribution in [0.4, 0.5) is 10.1 Å². The van der Waals surface area contributed by atoms with E-state index >= 15 is 0 Å². The Morgan fingerprint density at radius 2 is 1.92 bits per heavy atom. The maximum Gasteiger partial charge on any atom is 0.256 e. The van der Waals surface area contributed by atoms with Crippen LogP contribution in [0.15, 0.2) is 0 Å². The van der Waals surface area contributed by atoms with Gasteiger partial charge in [0, 0.05) is 23.2 Å². The quantitative estimate of drug-likeness (QED) is 0.282. The van der Waals surface area contributed by atoms with Crippen molar-refractivity contribution in [2.24, 2.45) is 0 Å². The Hall–Kier alpha value is -2.29. The molecule has 0 aliphatic carbocycles. The molecule has 4 N–H and O–H groups in total. The van der Waals surface area contributed by atoms with Gasteiger partial charge in [-0.25, -0.2) is 4.39 Å². The molecule has 3 amide bonds. The summed E-state index contributed by atoms with van der Waals surface area (Å²) >= 11 is 0. The van der Waals surface area contributed by atoms with Crippen molar-refractivity contribution < 1.29 is 23.9 Å². The summed E-state index contributed by atoms with van der Waals surface area (Å²) in [6.07, 6.45) is -0.129. The molecule has 2 atom stereocenters. The van der Waals surface area contributed by atoms with E-state index in [2.05, 4.69) is 0 Å². The van der Waals surface area contributed by atoms with Crippen molar-refractivity contribution in [2.75, 3.05) is 5.73 Å². The van der Waals surface area contributed by atoms with E-state index in [1.165, 1.54) is 0 Å². The Labute approximate surface area is 140 Å². The number of aliphatic hydroxyl groups is 1. The average Bonchev–Trinajstić information content (AvgIpc) is 2.70. The van der Waals surface area contributed by atoms with Gasteiger partial charge in [0.1, 0.15) is 33.2 Å². The number of carbonyl (C=O) groups is 3. The van der Waals surface area contributed by atoms with Crippen molar-refractivity contribution >= 4 is 57.9 Å². The molecular formula is C13H9B3FN3O4. The van der Waals surface area contributed by atoms with E-state index in [1.807, 2.05) is 5.32 Å². The van der Waals surface area contributed by atoms with Crippen molar-refractivity contribution in [2.45, 2.75) is 24.5 Å². The van der Waals surface area contributed by atoms with Crippen molar-refractivity contribution in [1.82, 2.24) is 10.2 Å². The molecule has 116 valence electrons. The first-order valence-corrected chi connectivity index (χ1v) is 6.94. The van der Waals surface area contributed by atoms with Gasteiger partial charge in [-0.05, 0) is 17.3 Å². The average molecular weight is 323 g/mol. The Kier molecular flexibility index (Phi) is 3.52. The fourth-order valence-electron chi connectivity index (χ4n) is 3.08. The summed E-state index contributed by atoms with van der Waals surface area (Å²) in [7, 11) is 16.9. The number of rotatable bonds is 1. The fourth-order valence-corrected chi connectivity index (χ4v) is 3.08. The third-order valence-corrected chi connectivity index (χ3v) is 4.24. The number of amides is 3. The molecule has 11 heteroatoms. The molecule has 0 aromatic heterocycles. The first-order chi connectivity index (χ1) is 11.1. The van der Waals surface area contributed by atoms with Crippen molar-refractivity contribution in [3.8, 4) is 0 Å². The Morgan fingerprint density at radius 3 is 2.50 bits per heavy atom. The monoisotopic (exact) mass is 323 g/mol. The molecule has 0 spiro atoms. The van der Waals surface area contributed by atoms with Crippen LogP contribution in [0.5, 0.6) is 0 Å². The Morgan fingerprint density at radius 1 is 1.29 bits per heavy atom. The highest BCUT2D eigenvalue weighted by Crippen LogP contribution is 2.39. The van der Waals surface area contributed by atoms with Gasteiger partial charge in [-0.2, -0.15) is 0 Å². The second-order valence-electron chi connectivity index (χ2n) is 5.67. The molecule has 2 unspecified atom stereocenters. The second-order valence-corrected chi connectivity index (χ2v) is 5.67. The van der Waals surface area contributed by atoms with Crippen LogP contribution in [-0.2, 0) is 15.2 Å². The van der Waals surface area contributed by atoms with E-state index in [1.54, 1.807) is 0 Å². The Balaban J connectivity index is 2.18. The highest BCUT2D eigenvalue weighted by Gasteiger charge is 2.52. The first-order valence-electron chi connectivity index (χ1n) is 6.94. The molecule has 1 aromatic carbocycles. The zero-order valence-corrected chi connectivity index (χ0v) is 12.3. The van der Waals surface area contributed by atoms with Crippen LogP contribution in [0.25, 0.3) is 0 Å². The molecule has 0 bridgehead atoms. The molecule has 6 radical (unpaired) electrons. The van der Waals surface area contributed by atoms with Crippen LogP contribution >= 0.6 is 0 Å². The van der Waals surface area contributed by atoms with Crippen molar-refractivity contribution in [3.63, 3.8) is 0 Å². The van der Waals surface area contributed by atoms with Gasteiger partial charge in [0.2, 0.25) is 11.8 Å². The van der Waals surface area contributed by atoms with Gasteiger partial charge < -0.3 is 15.7 Å². The second kappa shape index (κ2) is 5.10. The summed E-state index contributed by atoms with van der Waals surface area (Å²) in [6.45, 7) is 0. The van der Waals surface area contributed by atoms with E-state index in [-0.39, 0.29) is 18.4 Å². The van der Waals surface area contributed by atoms with E-state index in [4.69, 9.17) is 29.3 Å². The van der Waals surface area contributed by atoms with Crippen LogP contribution in [0.1, 0.15) is 28.8 Å². The maximum atomic E-state index is 14.0. The number of nitrogens with zero attached hydrogens (tertiary/aromatic N) is 1. The van der Waals surface area contributed by atoms with Crippen LogP contribution < -0.4 is 22.0 Å². The zero-order chi connectivity index (χ0) is 18.0. The predicted octanol–water partition coefficient (Wildman–Crippen LogP) is -3.47. The van der Waals surface area contributed by atoms with Gasteiger partial charge in [0.05, 0.1) is 0 Å². The molecule has 3 rings (SSSR count). The number of nitrogens with two attached hydrogens (primary N) is 1. The number of imide groups is 1. The molecule has 1 fully saturated rings. The molecule has 2 aliphatic heterocycles. The number of piperidine rings is 1. The molecule has 0 saturated carbocycles. The molecule has 1 aromatic rings. The van der Waals surface area contributed by atoms with Crippen LogP contribution in [0.3, 0.4) is 0 Å². The number of carbonyl (C=O) groups excluding carboxylic acids is 3. The molecule has 1 saturated heterocycles. The highest BCUT2D eigenvalue weighted by molar-refractivity contribution is 6.44. The van der Waals surface area contributed by atoms with Gasteiger partial charge in [-0.3, -0.25) is 19.7 Å². The number of fused-ring (bicyclic) bond motifs is 1. The number of nitrogens with one attached hydrogen (secondary N) is 1. The molecule has 24 heavy (non-hydrogen) atoms. The van der Waals surface area contributed by atoms with Crippen molar-refractivity contribution in [3.05, 3.63) is 16.9 Å². The number of nitrogen functional groups attached to an aromatic ring is 1. The van der Waals surface area contributed by atoms with Crippen molar-refractivity contribution in [1.29, 1.82) is 0 Å². The summed E-state index contributed by atoms with van der Waals surface area (Å²) in [5, 5.41) is 12.7. The maximum absolute atomic E-state index is 14.0. The smallest absolute Gasteiger partial charge is 0.256 e. The van der Waals surface area contributed by atoms with Gasteiger partial charge in [-0.1, -0.05) is 0 Å². The zero-order valence-electron chi connectivity index (χ0n) is 12.3.